The fraction of sp³-hybridized carbons (Fsp3) is 0.438. The maximum atomic E-state index is 13.8. The molecule has 4 rings (SSSR count). The van der Waals surface area contributed by atoms with E-state index < -0.39 is 6.23 Å². The maximum absolute atomic E-state index is 13.8. The van der Waals surface area contributed by atoms with E-state index in [9.17, 15) is 9.90 Å². The number of hydrogen-bond acceptors (Lipinski definition) is 7. The van der Waals surface area contributed by atoms with Crippen molar-refractivity contribution >= 4 is 23.7 Å². The summed E-state index contributed by atoms with van der Waals surface area (Å²) in [7, 11) is 0. The molecule has 0 radical (unpaired) electrons. The van der Waals surface area contributed by atoms with Crippen LogP contribution in [0.2, 0.25) is 0 Å². The summed E-state index contributed by atoms with van der Waals surface area (Å²) in [5.41, 5.74) is 2.27. The summed E-state index contributed by atoms with van der Waals surface area (Å²) < 4.78 is 11.5. The molecule has 0 spiro atoms. The molecule has 0 saturated carbocycles. The van der Waals surface area contributed by atoms with Gasteiger partial charge in [0.2, 0.25) is 0 Å². The minimum absolute atomic E-state index is 0.185. The number of para-hydroxylation sites is 1. The van der Waals surface area contributed by atoms with Crippen molar-refractivity contribution < 1.29 is 29.3 Å². The lowest BCUT2D eigenvalue weighted by molar-refractivity contribution is -0.122. The van der Waals surface area contributed by atoms with E-state index in [1.165, 1.54) is 12.8 Å². The number of morpholine rings is 1. The number of aliphatic hydroxyl groups is 1. The second-order valence-electron chi connectivity index (χ2n) is 9.79. The zero-order valence-electron chi connectivity index (χ0n) is 23.8. The van der Waals surface area contributed by atoms with E-state index in [1.54, 1.807) is 16.2 Å². The fourth-order valence-electron chi connectivity index (χ4n) is 4.71. The van der Waals surface area contributed by atoms with Crippen LogP contribution in [0.4, 0.5) is 0 Å². The topological polar surface area (TPSA) is 99.5 Å². The number of benzene rings is 2. The largest absolute Gasteiger partial charge is 0.493 e. The van der Waals surface area contributed by atoms with Crippen molar-refractivity contribution in [1.29, 1.82) is 0 Å². The number of aliphatic hydroxyl groups excluding tert-OH is 1. The Balaban J connectivity index is 0.00000147. The first kappa shape index (κ1) is 32.3. The van der Waals surface area contributed by atoms with Gasteiger partial charge in [0, 0.05) is 42.2 Å². The number of carbonyl (C=O) groups excluding carboxylic acids is 1. The lowest BCUT2D eigenvalue weighted by atomic mass is 10.1. The number of thiophene rings is 1. The molecule has 1 aliphatic heterocycles. The van der Waals surface area contributed by atoms with Crippen molar-refractivity contribution in [2.45, 2.75) is 45.3 Å². The van der Waals surface area contributed by atoms with Crippen molar-refractivity contribution in [3.8, 4) is 16.2 Å². The normalized spacial score (nSPS) is 14.0. The van der Waals surface area contributed by atoms with Gasteiger partial charge in [-0.05, 0) is 48.1 Å². The second-order valence-corrected chi connectivity index (χ2v) is 10.7. The van der Waals surface area contributed by atoms with Crippen LogP contribution in [-0.4, -0.2) is 78.4 Å². The first-order valence-electron chi connectivity index (χ1n) is 14.3. The van der Waals surface area contributed by atoms with E-state index in [1.807, 2.05) is 60.0 Å². The summed E-state index contributed by atoms with van der Waals surface area (Å²) in [4.78, 5) is 27.2. The molecular formula is C32H42N2O6S. The van der Waals surface area contributed by atoms with E-state index >= 15 is 0 Å². The third-order valence-electron chi connectivity index (χ3n) is 6.92. The smallest absolute Gasteiger partial charge is 0.290 e. The quantitative estimate of drug-likeness (QED) is 0.138. The second kappa shape index (κ2) is 18.2. The molecule has 9 heteroatoms. The highest BCUT2D eigenvalue weighted by molar-refractivity contribution is 7.13. The molecule has 1 aliphatic rings. The molecule has 0 aliphatic carbocycles. The van der Waals surface area contributed by atoms with Gasteiger partial charge in [-0.1, -0.05) is 62.6 Å². The van der Waals surface area contributed by atoms with Gasteiger partial charge in [0.05, 0.1) is 19.8 Å². The summed E-state index contributed by atoms with van der Waals surface area (Å²) in [5.74, 6) is 0.450. The molecule has 1 saturated heterocycles. The van der Waals surface area contributed by atoms with Gasteiger partial charge in [0.15, 0.2) is 6.23 Å². The van der Waals surface area contributed by atoms with Crippen molar-refractivity contribution in [3.05, 3.63) is 77.2 Å². The van der Waals surface area contributed by atoms with Gasteiger partial charge in [-0.15, -0.1) is 11.3 Å². The Morgan fingerprint density at radius 2 is 1.78 bits per heavy atom. The number of unbranched alkanes of at least 4 members (excludes halogenated alkanes) is 3. The highest BCUT2D eigenvalue weighted by atomic mass is 32.1. The summed E-state index contributed by atoms with van der Waals surface area (Å²) in [6.45, 7) is 7.11. The molecule has 2 heterocycles. The first-order valence-corrected chi connectivity index (χ1v) is 15.2. The molecule has 1 amide bonds. The molecule has 1 atom stereocenters. The predicted octanol–water partition coefficient (Wildman–Crippen LogP) is 5.93. The SMILES string of the molecule is CCCCCCOc1ccccc1C(O)N(CCCN1CCOCC1)C(=O)c1ccc(-c2cccs2)cc1.O=CO. The molecule has 0 bridgehead atoms. The van der Waals surface area contributed by atoms with E-state index in [4.69, 9.17) is 19.4 Å². The lowest BCUT2D eigenvalue weighted by Crippen LogP contribution is -2.40. The minimum atomic E-state index is -1.10. The van der Waals surface area contributed by atoms with Crippen LogP contribution in [0.15, 0.2) is 66.0 Å². The van der Waals surface area contributed by atoms with Gasteiger partial charge in [-0.3, -0.25) is 14.5 Å². The molecule has 1 fully saturated rings. The molecular weight excluding hydrogens is 540 g/mol. The van der Waals surface area contributed by atoms with Crippen molar-refractivity contribution in [3.63, 3.8) is 0 Å². The van der Waals surface area contributed by atoms with Crippen LogP contribution < -0.4 is 4.74 Å². The number of nitrogens with zero attached hydrogens (tertiary/aromatic N) is 2. The van der Waals surface area contributed by atoms with Crippen LogP contribution in [-0.2, 0) is 9.53 Å². The molecule has 1 unspecified atom stereocenters. The summed E-state index contributed by atoms with van der Waals surface area (Å²) in [6, 6.07) is 19.3. The monoisotopic (exact) mass is 582 g/mol. The molecule has 1 aromatic heterocycles. The zero-order valence-corrected chi connectivity index (χ0v) is 24.6. The Morgan fingerprint density at radius 1 is 1.05 bits per heavy atom. The number of carboxylic acid groups (broad SMARTS) is 1. The van der Waals surface area contributed by atoms with Crippen LogP contribution in [0, 0.1) is 0 Å². The summed E-state index contributed by atoms with van der Waals surface area (Å²) >= 11 is 1.67. The highest BCUT2D eigenvalue weighted by Gasteiger charge is 2.27. The number of rotatable bonds is 14. The van der Waals surface area contributed by atoms with E-state index in [-0.39, 0.29) is 12.4 Å². The standard InChI is InChI=1S/C31H40N2O4S.CH2O2/c1-2-3-4-7-21-37-28-11-6-5-10-27(28)31(35)33(18-9-17-32-19-22-36-23-20-32)30(34)26-15-13-25(14-16-26)29-12-8-24-38-29;2-1-3/h5-6,8,10-16,24,31,35H,2-4,7,9,17-23H2,1H3;1H,(H,2,3). The Hall–Kier alpha value is -3.24. The number of carbonyl (C=O) groups is 2. The van der Waals surface area contributed by atoms with Crippen LogP contribution in [0.5, 0.6) is 5.75 Å². The molecule has 8 nitrogen and oxygen atoms in total. The minimum Gasteiger partial charge on any atom is -0.493 e. The average Bonchev–Trinajstić information content (AvgIpc) is 3.55. The number of amides is 1. The zero-order chi connectivity index (χ0) is 29.3. The van der Waals surface area contributed by atoms with Crippen molar-refractivity contribution in [1.82, 2.24) is 9.80 Å². The third-order valence-corrected chi connectivity index (χ3v) is 7.84. The van der Waals surface area contributed by atoms with Crippen LogP contribution >= 0.6 is 11.3 Å². The Labute approximate surface area is 247 Å². The van der Waals surface area contributed by atoms with Gasteiger partial charge in [-0.25, -0.2) is 0 Å². The molecule has 2 aromatic carbocycles. The van der Waals surface area contributed by atoms with Gasteiger partial charge >= 0.3 is 0 Å². The number of hydrogen-bond donors (Lipinski definition) is 2. The predicted molar refractivity (Wildman–Crippen MR) is 162 cm³/mol. The molecule has 222 valence electrons. The third kappa shape index (κ3) is 10.3. The van der Waals surface area contributed by atoms with Gasteiger partial charge in [0.25, 0.3) is 12.4 Å². The van der Waals surface area contributed by atoms with Gasteiger partial charge in [0.1, 0.15) is 5.75 Å². The van der Waals surface area contributed by atoms with Gasteiger partial charge < -0.3 is 24.6 Å². The Bertz CT molecular complexity index is 1150. The molecule has 2 N–H and O–H groups in total. The maximum Gasteiger partial charge on any atom is 0.290 e. The van der Waals surface area contributed by atoms with Gasteiger partial charge in [-0.2, -0.15) is 0 Å². The van der Waals surface area contributed by atoms with Crippen molar-refractivity contribution in [2.24, 2.45) is 0 Å². The van der Waals surface area contributed by atoms with Crippen molar-refractivity contribution in [2.75, 3.05) is 46.0 Å². The van der Waals surface area contributed by atoms with E-state index in [0.29, 0.717) is 30.0 Å². The van der Waals surface area contributed by atoms with Crippen LogP contribution in [0.1, 0.15) is 61.2 Å². The van der Waals surface area contributed by atoms with E-state index in [2.05, 4.69) is 17.9 Å². The number of ether oxygens (including phenoxy) is 2. The Kier molecular flexibility index (Phi) is 14.4. The molecule has 41 heavy (non-hydrogen) atoms. The van der Waals surface area contributed by atoms with Crippen LogP contribution in [0.25, 0.3) is 10.4 Å². The van der Waals surface area contributed by atoms with E-state index in [0.717, 1.165) is 62.6 Å². The first-order chi connectivity index (χ1) is 20.1. The van der Waals surface area contributed by atoms with Crippen LogP contribution in [0.3, 0.4) is 0 Å². The molecule has 3 aromatic rings. The fourth-order valence-corrected chi connectivity index (χ4v) is 5.45. The highest BCUT2D eigenvalue weighted by Crippen LogP contribution is 2.30. The lowest BCUT2D eigenvalue weighted by Gasteiger charge is -2.31. The summed E-state index contributed by atoms with van der Waals surface area (Å²) in [5, 5.41) is 20.5. The Morgan fingerprint density at radius 3 is 2.46 bits per heavy atom. The average molecular weight is 583 g/mol. The summed E-state index contributed by atoms with van der Waals surface area (Å²) in [6.07, 6.45) is 4.10.